The molecule has 90 valence electrons. The van der Waals surface area contributed by atoms with Crippen LogP contribution in [0.2, 0.25) is 0 Å². The molecule has 1 aromatic rings. The Kier molecular flexibility index (Phi) is 3.49. The molecule has 0 aliphatic heterocycles. The van der Waals surface area contributed by atoms with E-state index < -0.39 is 0 Å². The maximum atomic E-state index is 10.5. The van der Waals surface area contributed by atoms with E-state index in [1.165, 1.54) is 17.7 Å². The van der Waals surface area contributed by atoms with Gasteiger partial charge in [0.05, 0.1) is 9.89 Å². The van der Waals surface area contributed by atoms with Crippen molar-refractivity contribution in [3.63, 3.8) is 0 Å². The van der Waals surface area contributed by atoms with Crippen molar-refractivity contribution in [3.8, 4) is 0 Å². The van der Waals surface area contributed by atoms with E-state index in [2.05, 4.69) is 42.8 Å². The summed E-state index contributed by atoms with van der Waals surface area (Å²) in [6.45, 7) is 6.66. The van der Waals surface area contributed by atoms with Crippen molar-refractivity contribution >= 4 is 27.3 Å². The van der Waals surface area contributed by atoms with Gasteiger partial charge in [-0.3, -0.25) is 0 Å². The molecule has 1 fully saturated rings. The Morgan fingerprint density at radius 3 is 2.69 bits per heavy atom. The first-order valence-corrected chi connectivity index (χ1v) is 7.46. The first kappa shape index (κ1) is 12.6. The van der Waals surface area contributed by atoms with Crippen LogP contribution >= 0.6 is 27.3 Å². The summed E-state index contributed by atoms with van der Waals surface area (Å²) in [6, 6.07) is 2.08. The minimum Gasteiger partial charge on any atom is -0.388 e. The molecule has 0 bridgehead atoms. The fourth-order valence-corrected chi connectivity index (χ4v) is 4.66. The van der Waals surface area contributed by atoms with Gasteiger partial charge in [0, 0.05) is 4.88 Å². The summed E-state index contributed by atoms with van der Waals surface area (Å²) in [7, 11) is 0. The van der Waals surface area contributed by atoms with Gasteiger partial charge < -0.3 is 5.11 Å². The van der Waals surface area contributed by atoms with Gasteiger partial charge >= 0.3 is 0 Å². The van der Waals surface area contributed by atoms with E-state index in [4.69, 9.17) is 0 Å². The number of aliphatic hydroxyl groups is 1. The number of aliphatic hydroxyl groups excluding tert-OH is 1. The molecule has 1 nitrogen and oxygen atoms in total. The lowest BCUT2D eigenvalue weighted by Crippen LogP contribution is -2.24. The van der Waals surface area contributed by atoms with Gasteiger partial charge in [-0.25, -0.2) is 0 Å². The molecule has 0 amide bonds. The summed E-state index contributed by atoms with van der Waals surface area (Å²) in [6.07, 6.45) is 3.35. The van der Waals surface area contributed by atoms with Crippen molar-refractivity contribution in [1.29, 1.82) is 0 Å². The van der Waals surface area contributed by atoms with Crippen LogP contribution in [-0.4, -0.2) is 5.11 Å². The van der Waals surface area contributed by atoms with Crippen molar-refractivity contribution in [2.24, 2.45) is 11.3 Å². The number of hydrogen-bond acceptors (Lipinski definition) is 2. The third kappa shape index (κ3) is 2.22. The highest BCUT2D eigenvalue weighted by Gasteiger charge is 2.40. The molecular weight excluding hydrogens is 284 g/mol. The number of rotatable bonds is 2. The molecule has 1 heterocycles. The second-order valence-corrected chi connectivity index (χ2v) is 8.13. The average Bonchev–Trinajstić information content (AvgIpc) is 2.68. The molecule has 1 saturated carbocycles. The second kappa shape index (κ2) is 4.43. The van der Waals surface area contributed by atoms with Gasteiger partial charge in [-0.15, -0.1) is 11.3 Å². The van der Waals surface area contributed by atoms with Crippen molar-refractivity contribution in [1.82, 2.24) is 0 Å². The molecule has 0 saturated heterocycles. The molecule has 3 heteroatoms. The average molecular weight is 303 g/mol. The molecule has 2 atom stereocenters. The van der Waals surface area contributed by atoms with Crippen molar-refractivity contribution in [2.45, 2.75) is 46.1 Å². The van der Waals surface area contributed by atoms with Gasteiger partial charge in [0.25, 0.3) is 0 Å². The van der Waals surface area contributed by atoms with Crippen molar-refractivity contribution < 1.29 is 5.11 Å². The summed E-state index contributed by atoms with van der Waals surface area (Å²) in [4.78, 5) is 1.24. The minimum atomic E-state index is -0.292. The summed E-state index contributed by atoms with van der Waals surface area (Å²) in [5.41, 5.74) is 1.40. The Morgan fingerprint density at radius 2 is 2.25 bits per heavy atom. The molecule has 0 spiro atoms. The van der Waals surface area contributed by atoms with Crippen molar-refractivity contribution in [3.05, 3.63) is 20.3 Å². The van der Waals surface area contributed by atoms with E-state index in [0.717, 1.165) is 15.8 Å². The highest BCUT2D eigenvalue weighted by atomic mass is 79.9. The Morgan fingerprint density at radius 1 is 1.56 bits per heavy atom. The van der Waals surface area contributed by atoms with E-state index in [9.17, 15) is 5.11 Å². The largest absolute Gasteiger partial charge is 0.388 e. The van der Waals surface area contributed by atoms with E-state index in [1.54, 1.807) is 11.3 Å². The van der Waals surface area contributed by atoms with Crippen LogP contribution in [0.3, 0.4) is 0 Å². The van der Waals surface area contributed by atoms with Crippen LogP contribution in [0.4, 0.5) is 0 Å². The Labute approximate surface area is 110 Å². The van der Waals surface area contributed by atoms with E-state index in [-0.39, 0.29) is 11.5 Å². The first-order chi connectivity index (χ1) is 7.42. The third-order valence-electron chi connectivity index (χ3n) is 3.97. The van der Waals surface area contributed by atoms with E-state index in [1.807, 2.05) is 0 Å². The normalized spacial score (nSPS) is 25.9. The molecule has 0 aromatic carbocycles. The smallest absolute Gasteiger partial charge is 0.0834 e. The fourth-order valence-electron chi connectivity index (χ4n) is 2.91. The Balaban J connectivity index is 2.25. The molecular formula is C13H19BrOS. The van der Waals surface area contributed by atoms with Crippen molar-refractivity contribution in [2.75, 3.05) is 0 Å². The standard InChI is InChI=1S/C13H19BrOS/c1-8-9(7-11(14)16-8)12(15)10-5-4-6-13(10,2)3/h7,10,12,15H,4-6H2,1-3H3. The van der Waals surface area contributed by atoms with Crippen LogP contribution in [0, 0.1) is 18.3 Å². The minimum absolute atomic E-state index is 0.278. The topological polar surface area (TPSA) is 20.2 Å². The molecule has 2 unspecified atom stereocenters. The maximum Gasteiger partial charge on any atom is 0.0834 e. The summed E-state index contributed by atoms with van der Waals surface area (Å²) < 4.78 is 1.12. The molecule has 1 aliphatic rings. The van der Waals surface area contributed by atoms with Crippen LogP contribution in [0.1, 0.15) is 49.7 Å². The lowest BCUT2D eigenvalue weighted by Gasteiger charge is -2.31. The van der Waals surface area contributed by atoms with E-state index >= 15 is 0 Å². The molecule has 16 heavy (non-hydrogen) atoms. The fraction of sp³-hybridized carbons (Fsp3) is 0.692. The summed E-state index contributed by atoms with van der Waals surface area (Å²) >= 11 is 5.21. The molecule has 1 N–H and O–H groups in total. The van der Waals surface area contributed by atoms with Gasteiger partial charge in [-0.2, -0.15) is 0 Å². The zero-order valence-corrected chi connectivity index (χ0v) is 12.5. The van der Waals surface area contributed by atoms with Crippen LogP contribution < -0.4 is 0 Å². The van der Waals surface area contributed by atoms with Gasteiger partial charge in [0.2, 0.25) is 0 Å². The Bertz CT molecular complexity index is 383. The summed E-state index contributed by atoms with van der Waals surface area (Å²) in [5, 5.41) is 10.5. The first-order valence-electron chi connectivity index (χ1n) is 5.86. The van der Waals surface area contributed by atoms with Gasteiger partial charge in [0.15, 0.2) is 0 Å². The Hall–Kier alpha value is 0.140. The van der Waals surface area contributed by atoms with E-state index in [0.29, 0.717) is 5.92 Å². The van der Waals surface area contributed by atoms with Gasteiger partial charge in [-0.1, -0.05) is 20.3 Å². The summed E-state index contributed by atoms with van der Waals surface area (Å²) in [5.74, 6) is 0.410. The lowest BCUT2D eigenvalue weighted by molar-refractivity contribution is 0.0530. The monoisotopic (exact) mass is 302 g/mol. The van der Waals surface area contributed by atoms with Crippen LogP contribution in [0.15, 0.2) is 9.85 Å². The predicted octanol–water partition coefficient (Wildman–Crippen LogP) is 4.68. The van der Waals surface area contributed by atoms with Crippen LogP contribution in [0.25, 0.3) is 0 Å². The SMILES string of the molecule is Cc1sc(Br)cc1C(O)C1CCCC1(C)C. The zero-order valence-electron chi connectivity index (χ0n) is 10.1. The quantitative estimate of drug-likeness (QED) is 0.841. The van der Waals surface area contributed by atoms with Gasteiger partial charge in [-0.05, 0) is 58.7 Å². The number of hydrogen-bond donors (Lipinski definition) is 1. The highest BCUT2D eigenvalue weighted by molar-refractivity contribution is 9.11. The molecule has 1 aromatic heterocycles. The number of halogens is 1. The second-order valence-electron chi connectivity index (χ2n) is 5.49. The number of aryl methyl sites for hydroxylation is 1. The lowest BCUT2D eigenvalue weighted by atomic mass is 9.77. The van der Waals surface area contributed by atoms with Gasteiger partial charge in [0.1, 0.15) is 0 Å². The molecule has 0 radical (unpaired) electrons. The predicted molar refractivity (Wildman–Crippen MR) is 72.8 cm³/mol. The van der Waals surface area contributed by atoms with Crippen LogP contribution in [0.5, 0.6) is 0 Å². The number of thiophene rings is 1. The van der Waals surface area contributed by atoms with Crippen LogP contribution in [-0.2, 0) is 0 Å². The molecule has 1 aliphatic carbocycles. The third-order valence-corrected chi connectivity index (χ3v) is 5.54. The maximum absolute atomic E-state index is 10.5. The zero-order chi connectivity index (χ0) is 11.9. The molecule has 2 rings (SSSR count). The highest BCUT2D eigenvalue weighted by Crippen LogP contribution is 2.49.